The first kappa shape index (κ1) is 19.4. The van der Waals surface area contributed by atoms with Gasteiger partial charge in [0.2, 0.25) is 10.0 Å². The van der Waals surface area contributed by atoms with E-state index >= 15 is 0 Å². The van der Waals surface area contributed by atoms with Crippen LogP contribution in [-0.2, 0) is 16.6 Å². The molecular formula is C21H26N2O3S. The minimum absolute atomic E-state index is 0.0616. The van der Waals surface area contributed by atoms with E-state index in [2.05, 4.69) is 0 Å². The maximum absolute atomic E-state index is 12.7. The van der Waals surface area contributed by atoms with Crippen molar-refractivity contribution >= 4 is 21.6 Å². The summed E-state index contributed by atoms with van der Waals surface area (Å²) in [6.45, 7) is 1.87. The van der Waals surface area contributed by atoms with Crippen molar-refractivity contribution < 1.29 is 13.2 Å². The number of rotatable bonds is 5. The molecule has 6 heteroatoms. The van der Waals surface area contributed by atoms with Gasteiger partial charge in [-0.25, -0.2) is 8.42 Å². The SMILES string of the molecule is CS(=O)(=O)N(Cc1ccc(C(=O)N2CCCCCC2)cc1)c1ccccc1. The molecule has 0 N–H and O–H groups in total. The number of hydrogen-bond acceptors (Lipinski definition) is 3. The predicted octanol–water partition coefficient (Wildman–Crippen LogP) is 3.67. The van der Waals surface area contributed by atoms with Gasteiger partial charge in [0.1, 0.15) is 0 Å². The van der Waals surface area contributed by atoms with Crippen molar-refractivity contribution in [1.29, 1.82) is 0 Å². The molecule has 0 radical (unpaired) electrons. The Kier molecular flexibility index (Phi) is 6.16. The van der Waals surface area contributed by atoms with Crippen LogP contribution in [0.15, 0.2) is 54.6 Å². The average Bonchev–Trinajstić information content (AvgIpc) is 2.95. The van der Waals surface area contributed by atoms with Crippen LogP contribution in [0.5, 0.6) is 0 Å². The van der Waals surface area contributed by atoms with Crippen molar-refractivity contribution in [1.82, 2.24) is 4.90 Å². The predicted molar refractivity (Wildman–Crippen MR) is 108 cm³/mol. The second-order valence-electron chi connectivity index (χ2n) is 7.01. The number of likely N-dealkylation sites (tertiary alicyclic amines) is 1. The molecule has 1 fully saturated rings. The van der Waals surface area contributed by atoms with Gasteiger partial charge in [0.15, 0.2) is 0 Å². The lowest BCUT2D eigenvalue weighted by Crippen LogP contribution is -2.32. The van der Waals surface area contributed by atoms with Crippen LogP contribution in [-0.4, -0.2) is 38.6 Å². The van der Waals surface area contributed by atoms with E-state index in [9.17, 15) is 13.2 Å². The zero-order valence-electron chi connectivity index (χ0n) is 15.7. The van der Waals surface area contributed by atoms with Crippen LogP contribution in [0.2, 0.25) is 0 Å². The van der Waals surface area contributed by atoms with Gasteiger partial charge in [-0.3, -0.25) is 9.10 Å². The number of carbonyl (C=O) groups excluding carboxylic acids is 1. The van der Waals surface area contributed by atoms with Gasteiger partial charge >= 0.3 is 0 Å². The van der Waals surface area contributed by atoms with E-state index in [1.165, 1.54) is 23.4 Å². The first-order valence-electron chi connectivity index (χ1n) is 9.36. The van der Waals surface area contributed by atoms with Crippen molar-refractivity contribution in [3.63, 3.8) is 0 Å². The van der Waals surface area contributed by atoms with E-state index in [-0.39, 0.29) is 12.5 Å². The lowest BCUT2D eigenvalue weighted by molar-refractivity contribution is 0.0761. The number of hydrogen-bond donors (Lipinski definition) is 0. The van der Waals surface area contributed by atoms with Gasteiger partial charge in [0.05, 0.1) is 18.5 Å². The number of sulfonamides is 1. The Bertz CT molecular complexity index is 856. The van der Waals surface area contributed by atoms with Crippen molar-refractivity contribution in [3.05, 3.63) is 65.7 Å². The molecule has 0 spiro atoms. The van der Waals surface area contributed by atoms with E-state index < -0.39 is 10.0 Å². The molecule has 0 aromatic heterocycles. The molecule has 1 saturated heterocycles. The molecule has 0 aliphatic carbocycles. The minimum atomic E-state index is -3.41. The van der Waals surface area contributed by atoms with Crippen LogP contribution in [0.1, 0.15) is 41.6 Å². The Balaban J connectivity index is 1.75. The summed E-state index contributed by atoms with van der Waals surface area (Å²) in [4.78, 5) is 14.6. The normalized spacial score (nSPS) is 15.2. The smallest absolute Gasteiger partial charge is 0.253 e. The average molecular weight is 387 g/mol. The van der Waals surface area contributed by atoms with Gasteiger partial charge in [-0.1, -0.05) is 43.2 Å². The summed E-state index contributed by atoms with van der Waals surface area (Å²) in [7, 11) is -3.41. The number of carbonyl (C=O) groups is 1. The van der Waals surface area contributed by atoms with Gasteiger partial charge in [-0.05, 0) is 42.7 Å². The van der Waals surface area contributed by atoms with E-state index in [0.29, 0.717) is 11.3 Å². The molecule has 0 atom stereocenters. The van der Waals surface area contributed by atoms with Crippen LogP contribution in [0, 0.1) is 0 Å². The summed E-state index contributed by atoms with van der Waals surface area (Å²) in [5.41, 5.74) is 2.13. The van der Waals surface area contributed by atoms with Gasteiger partial charge < -0.3 is 4.90 Å². The molecule has 3 rings (SSSR count). The standard InChI is InChI=1S/C21H26N2O3S/c1-27(25,26)23(20-9-5-4-6-10-20)17-18-11-13-19(14-12-18)21(24)22-15-7-2-3-8-16-22/h4-6,9-14H,2-3,7-8,15-17H2,1H3. The highest BCUT2D eigenvalue weighted by atomic mass is 32.2. The molecule has 2 aromatic rings. The fourth-order valence-electron chi connectivity index (χ4n) is 3.37. The highest BCUT2D eigenvalue weighted by molar-refractivity contribution is 7.92. The number of amides is 1. The summed E-state index contributed by atoms with van der Waals surface area (Å²) >= 11 is 0. The Labute approximate surface area is 161 Å². The van der Waals surface area contributed by atoms with Gasteiger partial charge in [0, 0.05) is 18.7 Å². The number of anilines is 1. The zero-order chi connectivity index (χ0) is 19.3. The molecule has 144 valence electrons. The quantitative estimate of drug-likeness (QED) is 0.788. The lowest BCUT2D eigenvalue weighted by Gasteiger charge is -2.23. The minimum Gasteiger partial charge on any atom is -0.339 e. The second kappa shape index (κ2) is 8.57. The highest BCUT2D eigenvalue weighted by Crippen LogP contribution is 2.21. The van der Waals surface area contributed by atoms with Crippen LogP contribution in [0.3, 0.4) is 0 Å². The zero-order valence-corrected chi connectivity index (χ0v) is 16.5. The van der Waals surface area contributed by atoms with Crippen LogP contribution < -0.4 is 4.31 Å². The highest BCUT2D eigenvalue weighted by Gasteiger charge is 2.19. The molecule has 1 amide bonds. The fraction of sp³-hybridized carbons (Fsp3) is 0.381. The van der Waals surface area contributed by atoms with Gasteiger partial charge in [-0.15, -0.1) is 0 Å². The number of nitrogens with zero attached hydrogens (tertiary/aromatic N) is 2. The third kappa shape index (κ3) is 5.10. The first-order valence-corrected chi connectivity index (χ1v) is 11.2. The number of benzene rings is 2. The summed E-state index contributed by atoms with van der Waals surface area (Å²) < 4.78 is 25.8. The maximum Gasteiger partial charge on any atom is 0.253 e. The summed E-state index contributed by atoms with van der Waals surface area (Å²) in [6, 6.07) is 16.3. The van der Waals surface area contributed by atoms with Crippen LogP contribution in [0.25, 0.3) is 0 Å². The molecule has 0 bridgehead atoms. The molecule has 5 nitrogen and oxygen atoms in total. The molecule has 27 heavy (non-hydrogen) atoms. The van der Waals surface area contributed by atoms with Gasteiger partial charge in [0.25, 0.3) is 5.91 Å². The molecule has 1 aliphatic heterocycles. The molecule has 1 aliphatic rings. The second-order valence-corrected chi connectivity index (χ2v) is 8.92. The van der Waals surface area contributed by atoms with Crippen molar-refractivity contribution in [2.24, 2.45) is 0 Å². The molecule has 0 unspecified atom stereocenters. The largest absolute Gasteiger partial charge is 0.339 e. The van der Waals surface area contributed by atoms with Crippen LogP contribution in [0.4, 0.5) is 5.69 Å². The van der Waals surface area contributed by atoms with Crippen LogP contribution >= 0.6 is 0 Å². The molecular weight excluding hydrogens is 360 g/mol. The maximum atomic E-state index is 12.7. The first-order chi connectivity index (χ1) is 12.9. The van der Waals surface area contributed by atoms with Crippen molar-refractivity contribution in [2.45, 2.75) is 32.2 Å². The summed E-state index contributed by atoms with van der Waals surface area (Å²) in [5.74, 6) is 0.0616. The molecule has 2 aromatic carbocycles. The molecule has 1 heterocycles. The van der Waals surface area contributed by atoms with E-state index in [1.54, 1.807) is 24.3 Å². The molecule has 0 saturated carbocycles. The van der Waals surface area contributed by atoms with E-state index in [4.69, 9.17) is 0 Å². The monoisotopic (exact) mass is 386 g/mol. The number of para-hydroxylation sites is 1. The van der Waals surface area contributed by atoms with Gasteiger partial charge in [-0.2, -0.15) is 0 Å². The topological polar surface area (TPSA) is 57.7 Å². The summed E-state index contributed by atoms with van der Waals surface area (Å²) in [6.07, 6.45) is 5.69. The summed E-state index contributed by atoms with van der Waals surface area (Å²) in [5, 5.41) is 0. The Morgan fingerprint density at radius 2 is 1.52 bits per heavy atom. The lowest BCUT2D eigenvalue weighted by atomic mass is 10.1. The Morgan fingerprint density at radius 1 is 0.926 bits per heavy atom. The Morgan fingerprint density at radius 3 is 2.07 bits per heavy atom. The van der Waals surface area contributed by atoms with E-state index in [0.717, 1.165) is 31.5 Å². The third-order valence-electron chi connectivity index (χ3n) is 4.86. The van der Waals surface area contributed by atoms with E-state index in [1.807, 2.05) is 35.2 Å². The Hall–Kier alpha value is -2.34. The third-order valence-corrected chi connectivity index (χ3v) is 6.01. The van der Waals surface area contributed by atoms with Crippen molar-refractivity contribution in [3.8, 4) is 0 Å². The van der Waals surface area contributed by atoms with Crippen molar-refractivity contribution in [2.75, 3.05) is 23.7 Å². The fourth-order valence-corrected chi connectivity index (χ4v) is 4.26.